The zero-order valence-electron chi connectivity index (χ0n) is 35.4. The zero-order chi connectivity index (χ0) is 49.2. The summed E-state index contributed by atoms with van der Waals surface area (Å²) in [5, 5.41) is 0. The number of ether oxygens (including phenoxy) is 2. The van der Waals surface area contributed by atoms with Crippen LogP contribution in [0, 0.1) is 35.4 Å². The maximum Gasteiger partial charge on any atom is 0.417 e. The summed E-state index contributed by atoms with van der Waals surface area (Å²) >= 11 is 0. The number of carbonyl (C=O) groups excluding carboxylic acids is 2. The molecule has 4 aromatic heterocycles. The third kappa shape index (κ3) is 13.7. The molecule has 4 aromatic carbocycles. The Labute approximate surface area is 400 Å². The Morgan fingerprint density at radius 3 is 1.03 bits per heavy atom. The van der Waals surface area contributed by atoms with E-state index in [0.29, 0.717) is 35.7 Å². The van der Waals surface area contributed by atoms with Crippen molar-refractivity contribution in [1.29, 1.82) is 0 Å². The summed E-state index contributed by atoms with van der Waals surface area (Å²) in [5.74, 6) is -4.21. The molecule has 0 spiro atoms. The summed E-state index contributed by atoms with van der Waals surface area (Å²) < 4.78 is 135. The molecule has 0 aliphatic heterocycles. The van der Waals surface area contributed by atoms with Gasteiger partial charge in [-0.15, -0.1) is 24.3 Å². The normalized spacial score (nSPS) is 10.9. The Morgan fingerprint density at radius 2 is 0.768 bits per heavy atom. The number of halogens is 10. The molecule has 0 saturated heterocycles. The van der Waals surface area contributed by atoms with Gasteiger partial charge >= 0.3 is 24.3 Å². The number of carbonyl (C=O) groups is 2. The summed E-state index contributed by atoms with van der Waals surface area (Å²) in [6, 6.07) is 33.3. The monoisotopic (exact) mass is 1130 g/mol. The Kier molecular flexibility index (Phi) is 17.4. The maximum absolute atomic E-state index is 13.3. The van der Waals surface area contributed by atoms with Gasteiger partial charge in [-0.25, -0.2) is 9.59 Å². The Bertz CT molecular complexity index is 2790. The number of aromatic nitrogens is 4. The molecule has 0 fully saturated rings. The van der Waals surface area contributed by atoms with Gasteiger partial charge in [-0.2, -0.15) is 26.3 Å². The summed E-state index contributed by atoms with van der Waals surface area (Å²) in [5.41, 5.74) is 4.00. The summed E-state index contributed by atoms with van der Waals surface area (Å²) in [6.45, 7) is 0. The molecule has 4 heterocycles. The van der Waals surface area contributed by atoms with Gasteiger partial charge in [0.1, 0.15) is 0 Å². The van der Waals surface area contributed by atoms with E-state index in [1.54, 1.807) is 36.7 Å². The molecule has 19 heteroatoms. The van der Waals surface area contributed by atoms with Crippen LogP contribution in [0.4, 0.5) is 43.9 Å². The molecular weight excluding hydrogens is 1100 g/mol. The van der Waals surface area contributed by atoms with Gasteiger partial charge in [-0.05, 0) is 58.9 Å². The molecule has 0 amide bonds. The van der Waals surface area contributed by atoms with E-state index in [2.05, 4.69) is 32.1 Å². The summed E-state index contributed by atoms with van der Waals surface area (Å²) in [4.78, 5) is 39.2. The van der Waals surface area contributed by atoms with E-state index in [-0.39, 0.29) is 54.6 Å². The number of hydrogen-bond donors (Lipinski definition) is 0. The van der Waals surface area contributed by atoms with E-state index in [9.17, 15) is 53.5 Å². The molecule has 0 atom stereocenters. The van der Waals surface area contributed by atoms with Gasteiger partial charge in [0, 0.05) is 79.3 Å². The van der Waals surface area contributed by atoms with Crippen molar-refractivity contribution in [1.82, 2.24) is 19.9 Å². The van der Waals surface area contributed by atoms with E-state index < -0.39 is 46.7 Å². The van der Waals surface area contributed by atoms with Gasteiger partial charge in [0.2, 0.25) is 0 Å². The average molecular weight is 1130 g/mol. The second-order valence-corrected chi connectivity index (χ2v) is 13.9. The van der Waals surface area contributed by atoms with Gasteiger partial charge in [0.15, 0.2) is 0 Å². The molecule has 69 heavy (non-hydrogen) atoms. The molecule has 0 aliphatic rings. The predicted octanol–water partition coefficient (Wildman–Crippen LogP) is 12.7. The molecule has 0 aliphatic carbocycles. The molecule has 0 saturated carbocycles. The quantitative estimate of drug-likeness (QED) is 0.0883. The molecule has 0 unspecified atom stereocenters. The second-order valence-electron chi connectivity index (χ2n) is 13.9. The zero-order valence-corrected chi connectivity index (χ0v) is 37.8. The van der Waals surface area contributed by atoms with E-state index in [1.165, 1.54) is 14.2 Å². The van der Waals surface area contributed by atoms with Gasteiger partial charge < -0.3 is 19.4 Å². The minimum atomic E-state index is -4.50. The third-order valence-electron chi connectivity index (χ3n) is 9.48. The first-order chi connectivity index (χ1) is 32.3. The summed E-state index contributed by atoms with van der Waals surface area (Å²) in [7, 11) is 2.72. The van der Waals surface area contributed by atoms with Crippen LogP contribution in [0.25, 0.3) is 56.2 Å². The number of esters is 2. The van der Waals surface area contributed by atoms with Crippen LogP contribution in [-0.2, 0) is 41.9 Å². The molecule has 1 radical (unpaired) electrons. The van der Waals surface area contributed by atoms with Crippen molar-refractivity contribution in [3.8, 4) is 56.2 Å². The van der Waals surface area contributed by atoms with E-state index in [4.69, 9.17) is 9.47 Å². The van der Waals surface area contributed by atoms with Crippen molar-refractivity contribution >= 4 is 11.9 Å². The average Bonchev–Trinajstić information content (AvgIpc) is 3.34. The molecule has 355 valence electrons. The van der Waals surface area contributed by atoms with Gasteiger partial charge in [-0.1, -0.05) is 83.9 Å². The van der Waals surface area contributed by atoms with Gasteiger partial charge in [0.05, 0.1) is 47.9 Å². The van der Waals surface area contributed by atoms with Crippen LogP contribution in [-0.4, -0.2) is 46.1 Å². The fourth-order valence-corrected chi connectivity index (χ4v) is 5.97. The van der Waals surface area contributed by atoms with Crippen LogP contribution in [0.5, 0.6) is 0 Å². The number of pyridine rings is 4. The Hall–Kier alpha value is -7.63. The molecular formula is C50H30F10IrN4O4-2. The number of methoxy groups -OCH3 is 2. The van der Waals surface area contributed by atoms with Crippen LogP contribution in [0.2, 0.25) is 0 Å². The Morgan fingerprint density at radius 1 is 0.449 bits per heavy atom. The molecule has 8 aromatic rings. The SMILES string of the molecule is COC(=O)c1ccc(-c2ccc(-c3ccc(-c4ccc(C(=O)OC)cc4)cn3)nc2)cc1.Fc1c[c-]c(-c2ccc(C(F)(F)F)cn2)c(F)c1.Fc1c[c-]c(-c2ccc(C(F)(F)F)cn2)c(F)c1.[Ir]. The first kappa shape index (κ1) is 52.3. The summed E-state index contributed by atoms with van der Waals surface area (Å²) in [6.07, 6.45) is -4.27. The number of alkyl halides is 6. The fraction of sp³-hybridized carbons (Fsp3) is 0.0800. The topological polar surface area (TPSA) is 104 Å². The number of nitrogens with zero attached hydrogens (tertiary/aromatic N) is 4. The first-order valence-electron chi connectivity index (χ1n) is 19.4. The minimum absolute atomic E-state index is 0. The van der Waals surface area contributed by atoms with Crippen LogP contribution in [0.15, 0.2) is 146 Å². The first-order valence-corrected chi connectivity index (χ1v) is 19.4. The van der Waals surface area contributed by atoms with Crippen molar-refractivity contribution in [2.45, 2.75) is 12.4 Å². The standard InChI is InChI=1S/C26H20N2O4.2C12H5F5N.Ir/c1-31-25(29)19-7-3-17(4-8-19)21-11-13-23(27-15-21)24-14-12-22(16-28-24)18-5-9-20(10-6-18)26(30)32-2;2*13-8-2-3-9(10(14)5-8)11-4-1-7(6-18-11)12(15,16)17;/h3-16H,1-2H3;2*1-2,4-6H;/q;2*-1;. The number of benzene rings is 4. The molecule has 0 bridgehead atoms. The maximum atomic E-state index is 13.3. The van der Waals surface area contributed by atoms with Crippen LogP contribution in [0.3, 0.4) is 0 Å². The van der Waals surface area contributed by atoms with E-state index in [0.717, 1.165) is 70.0 Å². The second kappa shape index (κ2) is 22.9. The smallest absolute Gasteiger partial charge is 0.417 e. The fourth-order valence-electron chi connectivity index (χ4n) is 5.97. The van der Waals surface area contributed by atoms with Crippen LogP contribution >= 0.6 is 0 Å². The van der Waals surface area contributed by atoms with Crippen molar-refractivity contribution < 1.29 is 83.1 Å². The third-order valence-corrected chi connectivity index (χ3v) is 9.48. The van der Waals surface area contributed by atoms with Crippen molar-refractivity contribution in [3.63, 3.8) is 0 Å². The predicted molar refractivity (Wildman–Crippen MR) is 228 cm³/mol. The molecule has 0 N–H and O–H groups in total. The number of hydrogen-bond acceptors (Lipinski definition) is 8. The van der Waals surface area contributed by atoms with Crippen LogP contribution in [0.1, 0.15) is 31.8 Å². The van der Waals surface area contributed by atoms with Crippen molar-refractivity contribution in [3.05, 3.63) is 204 Å². The van der Waals surface area contributed by atoms with Crippen LogP contribution < -0.4 is 0 Å². The van der Waals surface area contributed by atoms with Gasteiger partial charge in [0.25, 0.3) is 0 Å². The molecule has 8 rings (SSSR count). The van der Waals surface area contributed by atoms with Crippen molar-refractivity contribution in [2.75, 3.05) is 14.2 Å². The minimum Gasteiger partial charge on any atom is -0.465 e. The van der Waals surface area contributed by atoms with Crippen molar-refractivity contribution in [2.24, 2.45) is 0 Å². The number of rotatable bonds is 7. The van der Waals surface area contributed by atoms with E-state index in [1.807, 2.05) is 48.5 Å². The molecule has 8 nitrogen and oxygen atoms in total. The largest absolute Gasteiger partial charge is 0.465 e. The Balaban J connectivity index is 0.000000206. The van der Waals surface area contributed by atoms with E-state index >= 15 is 0 Å². The van der Waals surface area contributed by atoms with Gasteiger partial charge in [-0.3, -0.25) is 27.5 Å².